The molecule has 0 radical (unpaired) electrons. The van der Waals surface area contributed by atoms with Gasteiger partial charge in [0.2, 0.25) is 0 Å². The number of hydrogen-bond acceptors (Lipinski definition) is 3. The monoisotopic (exact) mass is 329 g/mol. The molecule has 1 aromatic rings. The quantitative estimate of drug-likeness (QED) is 0.816. The van der Waals surface area contributed by atoms with Crippen LogP contribution in [0.5, 0.6) is 11.5 Å². The highest BCUT2D eigenvalue weighted by molar-refractivity contribution is 9.09. The van der Waals surface area contributed by atoms with E-state index in [0.717, 1.165) is 0 Å². The van der Waals surface area contributed by atoms with Crippen LogP contribution in [-0.4, -0.2) is 31.5 Å². The number of benzene rings is 1. The van der Waals surface area contributed by atoms with Crippen molar-refractivity contribution in [1.82, 2.24) is 5.32 Å². The van der Waals surface area contributed by atoms with Gasteiger partial charge in [-0.15, -0.1) is 0 Å². The van der Waals surface area contributed by atoms with E-state index in [1.807, 2.05) is 0 Å². The second-order valence-corrected chi connectivity index (χ2v) is 5.69. The van der Waals surface area contributed by atoms with Crippen molar-refractivity contribution in [2.45, 2.75) is 18.7 Å². The van der Waals surface area contributed by atoms with E-state index in [4.69, 9.17) is 9.47 Å². The fraction of sp³-hybridized carbons (Fsp3) is 0.500. The molecule has 0 spiro atoms. The van der Waals surface area contributed by atoms with E-state index < -0.39 is 0 Å². The third kappa shape index (κ3) is 4.13. The number of hydrogen-bond donors (Lipinski definition) is 1. The molecule has 0 aliphatic rings. The number of nitrogens with one attached hydrogen (secondary N) is 1. The average Bonchev–Trinajstić information content (AvgIpc) is 2.42. The molecule has 0 fully saturated rings. The van der Waals surface area contributed by atoms with Crippen LogP contribution < -0.4 is 14.8 Å². The number of alkyl halides is 1. The van der Waals surface area contributed by atoms with E-state index in [1.54, 1.807) is 25.3 Å². The molecule has 19 heavy (non-hydrogen) atoms. The van der Waals surface area contributed by atoms with Crippen LogP contribution in [0.1, 0.15) is 24.2 Å². The number of amides is 1. The molecule has 0 bridgehead atoms. The predicted molar refractivity (Wildman–Crippen MR) is 79.4 cm³/mol. The normalized spacial score (nSPS) is 12.1. The molecule has 1 rings (SSSR count). The summed E-state index contributed by atoms with van der Waals surface area (Å²) in [7, 11) is 3.07. The number of rotatable bonds is 6. The maximum Gasteiger partial charge on any atom is 0.255 e. The van der Waals surface area contributed by atoms with E-state index in [-0.39, 0.29) is 10.7 Å². The smallest absolute Gasteiger partial charge is 0.255 e. The highest BCUT2D eigenvalue weighted by atomic mass is 79.9. The summed E-state index contributed by atoms with van der Waals surface area (Å²) < 4.78 is 10.4. The van der Waals surface area contributed by atoms with Crippen LogP contribution in [0.2, 0.25) is 0 Å². The van der Waals surface area contributed by atoms with Crippen molar-refractivity contribution < 1.29 is 14.3 Å². The molecule has 0 aliphatic heterocycles. The van der Waals surface area contributed by atoms with Gasteiger partial charge in [0.05, 0.1) is 19.8 Å². The summed E-state index contributed by atoms with van der Waals surface area (Å²) in [5, 5.41) is 2.88. The number of halogens is 1. The topological polar surface area (TPSA) is 47.6 Å². The number of para-hydroxylation sites is 1. The zero-order chi connectivity index (χ0) is 14.4. The molecule has 4 nitrogen and oxygen atoms in total. The second-order valence-electron chi connectivity index (χ2n) is 4.51. The minimum atomic E-state index is -0.166. The third-order valence-corrected chi connectivity index (χ3v) is 4.21. The summed E-state index contributed by atoms with van der Waals surface area (Å²) in [6.07, 6.45) is 0. The molecule has 5 heteroatoms. The Morgan fingerprint density at radius 2 is 2.00 bits per heavy atom. The Morgan fingerprint density at radius 1 is 1.32 bits per heavy atom. The molecule has 1 unspecified atom stereocenters. The summed E-state index contributed by atoms with van der Waals surface area (Å²) in [5.41, 5.74) is 0.477. The van der Waals surface area contributed by atoms with Gasteiger partial charge < -0.3 is 14.8 Å². The molecule has 1 N–H and O–H groups in total. The third-order valence-electron chi connectivity index (χ3n) is 2.83. The van der Waals surface area contributed by atoms with E-state index in [2.05, 4.69) is 35.1 Å². The maximum absolute atomic E-state index is 12.2. The maximum atomic E-state index is 12.2. The largest absolute Gasteiger partial charge is 0.493 e. The molecule has 0 saturated heterocycles. The van der Waals surface area contributed by atoms with Crippen molar-refractivity contribution in [1.29, 1.82) is 0 Å². The lowest BCUT2D eigenvalue weighted by molar-refractivity contribution is 0.0949. The zero-order valence-corrected chi connectivity index (χ0v) is 13.3. The standard InChI is InChI=1S/C14H20BrNO3/c1-9(2)11(15)8-16-14(17)10-6-5-7-12(18-3)13(10)19-4/h5-7,9,11H,8H2,1-4H3,(H,16,17). The summed E-state index contributed by atoms with van der Waals surface area (Å²) in [5.74, 6) is 1.29. The average molecular weight is 330 g/mol. The van der Waals surface area contributed by atoms with Gasteiger partial charge in [-0.3, -0.25) is 4.79 Å². The Morgan fingerprint density at radius 3 is 2.53 bits per heavy atom. The van der Waals surface area contributed by atoms with Crippen molar-refractivity contribution >= 4 is 21.8 Å². The van der Waals surface area contributed by atoms with Crippen molar-refractivity contribution in [3.63, 3.8) is 0 Å². The molecule has 0 aliphatic carbocycles. The minimum Gasteiger partial charge on any atom is -0.493 e. The first kappa shape index (κ1) is 15.8. The summed E-state index contributed by atoms with van der Waals surface area (Å²) >= 11 is 3.54. The summed E-state index contributed by atoms with van der Waals surface area (Å²) in [6, 6.07) is 5.25. The number of carbonyl (C=O) groups is 1. The van der Waals surface area contributed by atoms with Crippen molar-refractivity contribution in [3.8, 4) is 11.5 Å². The Bertz CT molecular complexity index is 435. The Hall–Kier alpha value is -1.23. The van der Waals surface area contributed by atoms with Gasteiger partial charge in [0.15, 0.2) is 11.5 Å². The molecular formula is C14H20BrNO3. The fourth-order valence-corrected chi connectivity index (χ4v) is 1.75. The van der Waals surface area contributed by atoms with Crippen molar-refractivity contribution in [3.05, 3.63) is 23.8 Å². The number of ether oxygens (including phenoxy) is 2. The second kappa shape index (κ2) is 7.38. The van der Waals surface area contributed by atoms with Crippen LogP contribution >= 0.6 is 15.9 Å². The Kier molecular flexibility index (Phi) is 6.15. The number of carbonyl (C=O) groups excluding carboxylic acids is 1. The first-order chi connectivity index (χ1) is 9.01. The highest BCUT2D eigenvalue weighted by Crippen LogP contribution is 2.30. The molecular weight excluding hydrogens is 310 g/mol. The van der Waals surface area contributed by atoms with Crippen LogP contribution in [0.25, 0.3) is 0 Å². The van der Waals surface area contributed by atoms with Gasteiger partial charge in [-0.05, 0) is 18.1 Å². The van der Waals surface area contributed by atoms with E-state index >= 15 is 0 Å². The van der Waals surface area contributed by atoms with Gasteiger partial charge in [-0.25, -0.2) is 0 Å². The zero-order valence-electron chi connectivity index (χ0n) is 11.7. The molecule has 1 aromatic carbocycles. The van der Waals surface area contributed by atoms with Crippen molar-refractivity contribution in [2.24, 2.45) is 5.92 Å². The lowest BCUT2D eigenvalue weighted by Crippen LogP contribution is -2.32. The number of methoxy groups -OCH3 is 2. The van der Waals surface area contributed by atoms with Gasteiger partial charge in [-0.1, -0.05) is 35.8 Å². The van der Waals surface area contributed by atoms with E-state index in [9.17, 15) is 4.79 Å². The van der Waals surface area contributed by atoms with Crippen molar-refractivity contribution in [2.75, 3.05) is 20.8 Å². The van der Waals surface area contributed by atoms with Gasteiger partial charge in [-0.2, -0.15) is 0 Å². The van der Waals surface area contributed by atoms with E-state index in [0.29, 0.717) is 29.5 Å². The lowest BCUT2D eigenvalue weighted by atomic mass is 10.1. The van der Waals surface area contributed by atoms with Crippen LogP contribution in [-0.2, 0) is 0 Å². The Labute approximate surface area is 122 Å². The Balaban J connectivity index is 2.82. The molecule has 0 saturated carbocycles. The van der Waals surface area contributed by atoms with E-state index in [1.165, 1.54) is 7.11 Å². The van der Waals surface area contributed by atoms with Gasteiger partial charge in [0.25, 0.3) is 5.91 Å². The van der Waals surface area contributed by atoms with Gasteiger partial charge in [0.1, 0.15) is 0 Å². The van der Waals surface area contributed by atoms with Crippen LogP contribution in [0.3, 0.4) is 0 Å². The highest BCUT2D eigenvalue weighted by Gasteiger charge is 2.17. The summed E-state index contributed by atoms with van der Waals surface area (Å²) in [6.45, 7) is 4.76. The van der Waals surface area contributed by atoms with Gasteiger partial charge in [0, 0.05) is 11.4 Å². The minimum absolute atomic E-state index is 0.166. The first-order valence-electron chi connectivity index (χ1n) is 6.14. The van der Waals surface area contributed by atoms with Crippen LogP contribution in [0.15, 0.2) is 18.2 Å². The predicted octanol–water partition coefficient (Wildman–Crippen LogP) is 2.85. The SMILES string of the molecule is COc1cccc(C(=O)NCC(Br)C(C)C)c1OC. The summed E-state index contributed by atoms with van der Waals surface area (Å²) in [4.78, 5) is 12.4. The molecule has 1 atom stereocenters. The lowest BCUT2D eigenvalue weighted by Gasteiger charge is -2.16. The molecule has 0 aromatic heterocycles. The first-order valence-corrected chi connectivity index (χ1v) is 7.06. The van der Waals surface area contributed by atoms with Crippen LogP contribution in [0, 0.1) is 5.92 Å². The molecule has 1 amide bonds. The molecule has 106 valence electrons. The fourth-order valence-electron chi connectivity index (χ4n) is 1.59. The molecule has 0 heterocycles. The van der Waals surface area contributed by atoms with Gasteiger partial charge >= 0.3 is 0 Å². The van der Waals surface area contributed by atoms with Crippen LogP contribution in [0.4, 0.5) is 0 Å².